The number of esters is 2. The molecule has 0 aliphatic heterocycles. The fourth-order valence-electron chi connectivity index (χ4n) is 1.71. The maximum Gasteiger partial charge on any atom is 0.325 e. The van der Waals surface area contributed by atoms with Crippen LogP contribution in [-0.2, 0) is 19.1 Å². The van der Waals surface area contributed by atoms with E-state index in [4.69, 9.17) is 14.2 Å². The predicted molar refractivity (Wildman–Crippen MR) is 69.0 cm³/mol. The first-order chi connectivity index (χ1) is 9.15. The highest BCUT2D eigenvalue weighted by Gasteiger charge is 2.33. The summed E-state index contributed by atoms with van der Waals surface area (Å²) in [7, 11) is 1.48. The minimum absolute atomic E-state index is 0.198. The van der Waals surface area contributed by atoms with Crippen molar-refractivity contribution in [3.05, 3.63) is 29.8 Å². The zero-order chi connectivity index (χ0) is 14.3. The van der Waals surface area contributed by atoms with E-state index in [9.17, 15) is 9.59 Å². The van der Waals surface area contributed by atoms with E-state index in [1.54, 1.807) is 38.1 Å². The van der Waals surface area contributed by atoms with Gasteiger partial charge in [-0.2, -0.15) is 0 Å². The zero-order valence-electron chi connectivity index (χ0n) is 11.3. The summed E-state index contributed by atoms with van der Waals surface area (Å²) in [5.74, 6) is -1.93. The summed E-state index contributed by atoms with van der Waals surface area (Å²) in [5, 5.41) is 0. The standard InChI is InChI=1S/C14H18O5/c1-4-18-13(15)12(14(16)19-5-2)10-8-6-7-9-11(10)17-3/h6-9,12H,4-5H2,1-3H3. The van der Waals surface area contributed by atoms with Gasteiger partial charge in [-0.05, 0) is 19.9 Å². The third-order valence-electron chi connectivity index (χ3n) is 2.49. The molecular formula is C14H18O5. The highest BCUT2D eigenvalue weighted by Crippen LogP contribution is 2.28. The molecule has 0 aliphatic rings. The first kappa shape index (κ1) is 15.0. The summed E-state index contributed by atoms with van der Waals surface area (Å²) >= 11 is 0. The van der Waals surface area contributed by atoms with Crippen molar-refractivity contribution in [1.82, 2.24) is 0 Å². The molecule has 0 unspecified atom stereocenters. The van der Waals surface area contributed by atoms with Crippen LogP contribution in [0.5, 0.6) is 5.75 Å². The van der Waals surface area contributed by atoms with E-state index in [0.717, 1.165) is 0 Å². The molecule has 1 aromatic carbocycles. The van der Waals surface area contributed by atoms with Crippen molar-refractivity contribution in [3.63, 3.8) is 0 Å². The summed E-state index contributed by atoms with van der Waals surface area (Å²) in [5.41, 5.74) is 0.446. The van der Waals surface area contributed by atoms with Gasteiger partial charge < -0.3 is 14.2 Å². The van der Waals surface area contributed by atoms with Gasteiger partial charge in [-0.25, -0.2) is 0 Å². The molecule has 5 nitrogen and oxygen atoms in total. The van der Waals surface area contributed by atoms with Gasteiger partial charge in [0.05, 0.1) is 20.3 Å². The van der Waals surface area contributed by atoms with Crippen molar-refractivity contribution in [2.24, 2.45) is 0 Å². The largest absolute Gasteiger partial charge is 0.496 e. The van der Waals surface area contributed by atoms with Gasteiger partial charge in [-0.3, -0.25) is 9.59 Å². The number of rotatable bonds is 6. The first-order valence-corrected chi connectivity index (χ1v) is 6.11. The maximum atomic E-state index is 11.9. The molecule has 0 aromatic heterocycles. The molecule has 0 amide bonds. The monoisotopic (exact) mass is 266 g/mol. The number of hydrogen-bond acceptors (Lipinski definition) is 5. The summed E-state index contributed by atoms with van der Waals surface area (Å²) in [6.07, 6.45) is 0. The first-order valence-electron chi connectivity index (χ1n) is 6.11. The van der Waals surface area contributed by atoms with Crippen LogP contribution < -0.4 is 4.74 Å². The van der Waals surface area contributed by atoms with Gasteiger partial charge in [0.2, 0.25) is 0 Å². The molecule has 0 heterocycles. The Hall–Kier alpha value is -2.04. The van der Waals surface area contributed by atoms with Crippen molar-refractivity contribution in [1.29, 1.82) is 0 Å². The second-order valence-corrected chi connectivity index (χ2v) is 3.68. The predicted octanol–water partition coefficient (Wildman–Crippen LogP) is 1.91. The molecule has 0 saturated heterocycles. The van der Waals surface area contributed by atoms with Gasteiger partial charge >= 0.3 is 11.9 Å². The van der Waals surface area contributed by atoms with Gasteiger partial charge in [0.25, 0.3) is 0 Å². The van der Waals surface area contributed by atoms with E-state index < -0.39 is 17.9 Å². The molecule has 0 spiro atoms. The summed E-state index contributed by atoms with van der Waals surface area (Å²) in [6.45, 7) is 3.76. The highest BCUT2D eigenvalue weighted by atomic mass is 16.6. The van der Waals surface area contributed by atoms with Crippen LogP contribution in [0.4, 0.5) is 0 Å². The third-order valence-corrected chi connectivity index (χ3v) is 2.49. The number of benzene rings is 1. The smallest absolute Gasteiger partial charge is 0.325 e. The summed E-state index contributed by atoms with van der Waals surface area (Å²) in [6, 6.07) is 6.82. The average molecular weight is 266 g/mol. The summed E-state index contributed by atoms with van der Waals surface area (Å²) in [4.78, 5) is 23.9. The molecule has 19 heavy (non-hydrogen) atoms. The fourth-order valence-corrected chi connectivity index (χ4v) is 1.71. The number of para-hydroxylation sites is 1. The Bertz CT molecular complexity index is 423. The zero-order valence-corrected chi connectivity index (χ0v) is 11.3. The van der Waals surface area contributed by atoms with E-state index >= 15 is 0 Å². The van der Waals surface area contributed by atoms with Crippen LogP contribution in [0, 0.1) is 0 Å². The molecule has 0 radical (unpaired) electrons. The van der Waals surface area contributed by atoms with E-state index in [2.05, 4.69) is 0 Å². The highest BCUT2D eigenvalue weighted by molar-refractivity contribution is 6.01. The Morgan fingerprint density at radius 1 is 1.05 bits per heavy atom. The number of carbonyl (C=O) groups is 2. The van der Waals surface area contributed by atoms with Crippen molar-refractivity contribution in [2.45, 2.75) is 19.8 Å². The molecule has 0 atom stereocenters. The number of hydrogen-bond donors (Lipinski definition) is 0. The Labute approximate surface area is 112 Å². The second kappa shape index (κ2) is 7.41. The quantitative estimate of drug-likeness (QED) is 0.581. The van der Waals surface area contributed by atoms with Crippen LogP contribution in [0.15, 0.2) is 24.3 Å². The lowest BCUT2D eigenvalue weighted by Gasteiger charge is -2.17. The SMILES string of the molecule is CCOC(=O)C(C(=O)OCC)c1ccccc1OC. The number of carbonyl (C=O) groups excluding carboxylic acids is 2. The molecule has 5 heteroatoms. The van der Waals surface area contributed by atoms with Crippen molar-refractivity contribution < 1.29 is 23.8 Å². The van der Waals surface area contributed by atoms with Crippen LogP contribution in [-0.4, -0.2) is 32.3 Å². The average Bonchev–Trinajstić information content (AvgIpc) is 2.40. The molecule has 0 fully saturated rings. The van der Waals surface area contributed by atoms with Gasteiger partial charge in [-0.15, -0.1) is 0 Å². The van der Waals surface area contributed by atoms with Gasteiger partial charge in [-0.1, -0.05) is 18.2 Å². The lowest BCUT2D eigenvalue weighted by atomic mass is 9.98. The second-order valence-electron chi connectivity index (χ2n) is 3.68. The number of methoxy groups -OCH3 is 1. The van der Waals surface area contributed by atoms with Crippen LogP contribution in [0.25, 0.3) is 0 Å². The topological polar surface area (TPSA) is 61.8 Å². The van der Waals surface area contributed by atoms with E-state index in [1.807, 2.05) is 0 Å². The van der Waals surface area contributed by atoms with Gasteiger partial charge in [0.1, 0.15) is 5.75 Å². The van der Waals surface area contributed by atoms with Gasteiger partial charge in [0.15, 0.2) is 5.92 Å². The van der Waals surface area contributed by atoms with Crippen LogP contribution in [0.1, 0.15) is 25.3 Å². The minimum Gasteiger partial charge on any atom is -0.496 e. The van der Waals surface area contributed by atoms with Crippen LogP contribution >= 0.6 is 0 Å². The van der Waals surface area contributed by atoms with Crippen molar-refractivity contribution >= 4 is 11.9 Å². The molecule has 104 valence electrons. The maximum absolute atomic E-state index is 11.9. The molecule has 0 saturated carbocycles. The van der Waals surface area contributed by atoms with E-state index in [-0.39, 0.29) is 13.2 Å². The van der Waals surface area contributed by atoms with Crippen LogP contribution in [0.3, 0.4) is 0 Å². The molecular weight excluding hydrogens is 248 g/mol. The number of ether oxygens (including phenoxy) is 3. The fraction of sp³-hybridized carbons (Fsp3) is 0.429. The molecule has 1 aromatic rings. The Morgan fingerprint density at radius 3 is 2.05 bits per heavy atom. The van der Waals surface area contributed by atoms with E-state index in [1.165, 1.54) is 7.11 Å². The minimum atomic E-state index is -1.11. The van der Waals surface area contributed by atoms with Crippen molar-refractivity contribution in [2.75, 3.05) is 20.3 Å². The Morgan fingerprint density at radius 2 is 1.58 bits per heavy atom. The Kier molecular flexibility index (Phi) is 5.85. The van der Waals surface area contributed by atoms with E-state index in [0.29, 0.717) is 11.3 Å². The molecule has 0 bridgehead atoms. The van der Waals surface area contributed by atoms with Crippen LogP contribution in [0.2, 0.25) is 0 Å². The normalized spacial score (nSPS) is 10.1. The van der Waals surface area contributed by atoms with Gasteiger partial charge in [0, 0.05) is 5.56 Å². The third kappa shape index (κ3) is 3.71. The summed E-state index contributed by atoms with van der Waals surface area (Å²) < 4.78 is 15.0. The molecule has 1 rings (SSSR count). The Balaban J connectivity index is 3.14. The lowest BCUT2D eigenvalue weighted by Crippen LogP contribution is -2.26. The lowest BCUT2D eigenvalue weighted by molar-refractivity contribution is -0.157. The molecule has 0 N–H and O–H groups in total. The van der Waals surface area contributed by atoms with Crippen molar-refractivity contribution in [3.8, 4) is 5.75 Å². The molecule has 0 aliphatic carbocycles.